The number of hydrogen-bond acceptors (Lipinski definition) is 6. The number of benzene rings is 1. The third kappa shape index (κ3) is 4.20. The van der Waals surface area contributed by atoms with Crippen LogP contribution in [0.1, 0.15) is 61.4 Å². The van der Waals surface area contributed by atoms with Gasteiger partial charge in [-0.25, -0.2) is 9.97 Å². The summed E-state index contributed by atoms with van der Waals surface area (Å²) < 4.78 is 1.64. The Morgan fingerprint density at radius 3 is 2.49 bits per heavy atom. The molecular formula is C28H32N6O3. The quantitative estimate of drug-likeness (QED) is 0.499. The molecule has 2 aliphatic carbocycles. The van der Waals surface area contributed by atoms with Crippen molar-refractivity contribution >= 4 is 28.5 Å². The summed E-state index contributed by atoms with van der Waals surface area (Å²) >= 11 is 0. The molecule has 3 aliphatic rings. The standard InChI is InChI=1S/C28H32N6O3/c1-15-7-19(20-12-29-17(3)30-13-20)8-21-25(16(2)35)32-33(26(15)21)14-24(36)34-22(9-28(4)10-23(28)34)27(37)31-11-18-5-6-18/h7-8,12-13,18,22-23H,5-6,9-11,14H2,1-4H3,(H,31,37)/t22-,23+,28-/m0/s1. The number of fused-ring (bicyclic) bond motifs is 2. The lowest BCUT2D eigenvalue weighted by Crippen LogP contribution is -2.49. The number of Topliss-reactive ketones (excluding diaryl/α,β-unsaturated/α-hetero) is 1. The van der Waals surface area contributed by atoms with Crippen LogP contribution in [0.5, 0.6) is 0 Å². The second-order valence-electron chi connectivity index (χ2n) is 11.4. The predicted octanol–water partition coefficient (Wildman–Crippen LogP) is 3.22. The van der Waals surface area contributed by atoms with Crippen LogP contribution < -0.4 is 5.32 Å². The molecule has 9 heteroatoms. The highest BCUT2D eigenvalue weighted by Crippen LogP contribution is 2.59. The van der Waals surface area contributed by atoms with Crippen LogP contribution in [0.2, 0.25) is 0 Å². The van der Waals surface area contributed by atoms with Crippen LogP contribution in [-0.4, -0.2) is 60.9 Å². The van der Waals surface area contributed by atoms with Gasteiger partial charge in [-0.2, -0.15) is 5.10 Å². The molecule has 0 radical (unpaired) electrons. The Labute approximate surface area is 215 Å². The van der Waals surface area contributed by atoms with E-state index in [0.29, 0.717) is 35.8 Å². The zero-order valence-corrected chi connectivity index (χ0v) is 21.7. The van der Waals surface area contributed by atoms with Gasteiger partial charge < -0.3 is 10.2 Å². The second kappa shape index (κ2) is 8.46. The van der Waals surface area contributed by atoms with Crippen molar-refractivity contribution in [3.8, 4) is 11.1 Å². The Morgan fingerprint density at radius 1 is 1.08 bits per heavy atom. The van der Waals surface area contributed by atoms with E-state index in [0.717, 1.165) is 41.5 Å². The fraction of sp³-hybridized carbons (Fsp3) is 0.500. The largest absolute Gasteiger partial charge is 0.354 e. The van der Waals surface area contributed by atoms with E-state index in [1.165, 1.54) is 6.92 Å². The summed E-state index contributed by atoms with van der Waals surface area (Å²) in [7, 11) is 0. The fourth-order valence-corrected chi connectivity index (χ4v) is 5.86. The Morgan fingerprint density at radius 2 is 1.81 bits per heavy atom. The number of aromatic nitrogens is 4. The molecule has 1 saturated heterocycles. The summed E-state index contributed by atoms with van der Waals surface area (Å²) in [4.78, 5) is 49.6. The number of carbonyl (C=O) groups is 3. The van der Waals surface area contributed by atoms with E-state index in [4.69, 9.17) is 0 Å². The molecule has 1 aromatic carbocycles. The topological polar surface area (TPSA) is 110 Å². The number of ketones is 1. The summed E-state index contributed by atoms with van der Waals surface area (Å²) in [6, 6.07) is 3.56. The molecule has 6 rings (SSSR count). The van der Waals surface area contributed by atoms with E-state index in [2.05, 4.69) is 27.3 Å². The molecule has 1 aliphatic heterocycles. The van der Waals surface area contributed by atoms with Crippen molar-refractivity contribution in [2.45, 2.75) is 72.0 Å². The summed E-state index contributed by atoms with van der Waals surface area (Å²) in [5.41, 5.74) is 3.73. The molecule has 9 nitrogen and oxygen atoms in total. The van der Waals surface area contributed by atoms with E-state index >= 15 is 0 Å². The minimum atomic E-state index is -0.446. The minimum absolute atomic E-state index is 0.00883. The van der Waals surface area contributed by atoms with E-state index in [1.54, 1.807) is 22.0 Å². The summed E-state index contributed by atoms with van der Waals surface area (Å²) in [6.07, 6.45) is 7.47. The smallest absolute Gasteiger partial charge is 0.245 e. The van der Waals surface area contributed by atoms with Crippen molar-refractivity contribution < 1.29 is 14.4 Å². The molecular weight excluding hydrogens is 468 g/mol. The Bertz CT molecular complexity index is 1440. The first-order valence-electron chi connectivity index (χ1n) is 13.0. The summed E-state index contributed by atoms with van der Waals surface area (Å²) in [5, 5.41) is 8.36. The number of aryl methyl sites for hydroxylation is 2. The minimum Gasteiger partial charge on any atom is -0.354 e. The highest BCUT2D eigenvalue weighted by atomic mass is 16.2. The zero-order chi connectivity index (χ0) is 26.1. The Hall–Kier alpha value is -3.62. The van der Waals surface area contributed by atoms with Gasteiger partial charge in [0.15, 0.2) is 5.78 Å². The lowest BCUT2D eigenvalue weighted by Gasteiger charge is -2.27. The van der Waals surface area contributed by atoms with Crippen LogP contribution in [0.15, 0.2) is 24.5 Å². The van der Waals surface area contributed by atoms with Gasteiger partial charge in [0.1, 0.15) is 24.1 Å². The monoisotopic (exact) mass is 500 g/mol. The van der Waals surface area contributed by atoms with Crippen LogP contribution in [0, 0.1) is 25.2 Å². The maximum atomic E-state index is 13.7. The van der Waals surface area contributed by atoms with Gasteiger partial charge in [-0.05, 0) is 74.1 Å². The fourth-order valence-electron chi connectivity index (χ4n) is 5.86. The number of carbonyl (C=O) groups excluding carboxylic acids is 3. The van der Waals surface area contributed by atoms with Crippen LogP contribution in [-0.2, 0) is 16.1 Å². The molecule has 3 fully saturated rings. The highest BCUT2D eigenvalue weighted by Gasteiger charge is 2.64. The highest BCUT2D eigenvalue weighted by molar-refractivity contribution is 6.07. The van der Waals surface area contributed by atoms with Crippen molar-refractivity contribution in [3.63, 3.8) is 0 Å². The molecule has 3 heterocycles. The van der Waals surface area contributed by atoms with E-state index in [-0.39, 0.29) is 35.6 Å². The first-order chi connectivity index (χ1) is 17.6. The number of piperidine rings is 1. The van der Waals surface area contributed by atoms with Crippen LogP contribution in [0.4, 0.5) is 0 Å². The van der Waals surface area contributed by atoms with Crippen molar-refractivity contribution in [1.82, 2.24) is 30.0 Å². The van der Waals surface area contributed by atoms with E-state index in [1.807, 2.05) is 26.0 Å². The first kappa shape index (κ1) is 23.8. The normalized spacial score (nSPS) is 24.3. The SMILES string of the molecule is CC(=O)c1nn(CC(=O)N2[C@H](C(=O)NCC3CC3)C[C@@]3(C)C[C@@H]23)c2c(C)cc(-c3cnc(C)nc3)cc12. The maximum Gasteiger partial charge on any atom is 0.245 e. The lowest BCUT2D eigenvalue weighted by molar-refractivity contribution is -0.140. The third-order valence-electron chi connectivity index (χ3n) is 8.25. The van der Waals surface area contributed by atoms with Crippen molar-refractivity contribution in [1.29, 1.82) is 0 Å². The molecule has 2 saturated carbocycles. The molecule has 3 aromatic rings. The van der Waals surface area contributed by atoms with Crippen LogP contribution in [0.3, 0.4) is 0 Å². The van der Waals surface area contributed by atoms with Crippen LogP contribution >= 0.6 is 0 Å². The van der Waals surface area contributed by atoms with Crippen molar-refractivity contribution in [2.24, 2.45) is 11.3 Å². The van der Waals surface area contributed by atoms with Gasteiger partial charge >= 0.3 is 0 Å². The number of nitrogens with zero attached hydrogens (tertiary/aromatic N) is 5. The molecule has 37 heavy (non-hydrogen) atoms. The number of nitrogens with one attached hydrogen (secondary N) is 1. The average Bonchev–Trinajstić information content (AvgIpc) is 3.74. The number of hydrogen-bond donors (Lipinski definition) is 1. The van der Waals surface area contributed by atoms with Gasteiger partial charge in [-0.3, -0.25) is 19.1 Å². The van der Waals surface area contributed by atoms with Gasteiger partial charge in [0, 0.05) is 42.9 Å². The molecule has 2 amide bonds. The van der Waals surface area contributed by atoms with Crippen LogP contribution in [0.25, 0.3) is 22.0 Å². The lowest BCUT2D eigenvalue weighted by atomic mass is 10.0. The number of rotatable bonds is 7. The molecule has 2 aromatic heterocycles. The number of likely N-dealkylation sites (tertiary alicyclic amines) is 1. The summed E-state index contributed by atoms with van der Waals surface area (Å²) in [5.74, 6) is 0.920. The average molecular weight is 501 g/mol. The molecule has 1 N–H and O–H groups in total. The van der Waals surface area contributed by atoms with Gasteiger partial charge in [-0.15, -0.1) is 0 Å². The number of amides is 2. The van der Waals surface area contributed by atoms with E-state index in [9.17, 15) is 14.4 Å². The van der Waals surface area contributed by atoms with Gasteiger partial charge in [0.25, 0.3) is 0 Å². The molecule has 3 atom stereocenters. The first-order valence-corrected chi connectivity index (χ1v) is 13.0. The second-order valence-corrected chi connectivity index (χ2v) is 11.4. The summed E-state index contributed by atoms with van der Waals surface area (Å²) in [6.45, 7) is 8.11. The Balaban J connectivity index is 1.32. The van der Waals surface area contributed by atoms with Crippen molar-refractivity contribution in [2.75, 3.05) is 6.54 Å². The molecule has 0 bridgehead atoms. The molecule has 192 valence electrons. The zero-order valence-electron chi connectivity index (χ0n) is 21.7. The molecule has 0 spiro atoms. The molecule has 0 unspecified atom stereocenters. The van der Waals surface area contributed by atoms with Gasteiger partial charge in [0.2, 0.25) is 11.8 Å². The van der Waals surface area contributed by atoms with Gasteiger partial charge in [0.05, 0.1) is 5.52 Å². The van der Waals surface area contributed by atoms with E-state index < -0.39 is 6.04 Å². The van der Waals surface area contributed by atoms with Crippen molar-refractivity contribution in [3.05, 3.63) is 41.6 Å². The van der Waals surface area contributed by atoms with Gasteiger partial charge in [-0.1, -0.05) is 6.92 Å². The third-order valence-corrected chi connectivity index (χ3v) is 8.25. The predicted molar refractivity (Wildman–Crippen MR) is 138 cm³/mol. The Kier molecular flexibility index (Phi) is 5.43. The maximum absolute atomic E-state index is 13.7.